The second-order valence-electron chi connectivity index (χ2n) is 9.59. The molecule has 0 aromatic heterocycles. The van der Waals surface area contributed by atoms with Gasteiger partial charge in [0, 0.05) is 5.92 Å². The molecule has 7 heteroatoms. The highest BCUT2D eigenvalue weighted by atomic mass is 16.5. The van der Waals surface area contributed by atoms with E-state index in [0.29, 0.717) is 29.6 Å². The van der Waals surface area contributed by atoms with Crippen LogP contribution < -0.4 is 23.7 Å². The zero-order valence-corrected chi connectivity index (χ0v) is 23.3. The largest absolute Gasteiger partial charge is 0.497 e. The van der Waals surface area contributed by atoms with E-state index in [4.69, 9.17) is 28.4 Å². The van der Waals surface area contributed by atoms with Crippen LogP contribution in [0.2, 0.25) is 0 Å². The first-order chi connectivity index (χ1) is 19.0. The van der Waals surface area contributed by atoms with Crippen molar-refractivity contribution in [2.75, 3.05) is 42.2 Å². The van der Waals surface area contributed by atoms with Gasteiger partial charge in [-0.15, -0.1) is 0 Å². The lowest BCUT2D eigenvalue weighted by Crippen LogP contribution is -2.32. The minimum Gasteiger partial charge on any atom is -0.497 e. The maximum Gasteiger partial charge on any atom is 0.161 e. The summed E-state index contributed by atoms with van der Waals surface area (Å²) in [6.07, 6.45) is 5.03. The molecule has 4 rings (SSSR count). The Labute approximate surface area is 230 Å². The van der Waals surface area contributed by atoms with Crippen molar-refractivity contribution in [3.05, 3.63) is 83.4 Å². The van der Waals surface area contributed by atoms with Crippen LogP contribution in [0.15, 0.2) is 66.7 Å². The maximum absolute atomic E-state index is 11.3. The Kier molecular flexibility index (Phi) is 9.74. The molecule has 0 aliphatic carbocycles. The van der Waals surface area contributed by atoms with Gasteiger partial charge in [-0.2, -0.15) is 0 Å². The highest BCUT2D eigenvalue weighted by Gasteiger charge is 2.35. The van der Waals surface area contributed by atoms with Gasteiger partial charge in [-0.1, -0.05) is 36.4 Å². The molecule has 208 valence electrons. The van der Waals surface area contributed by atoms with Gasteiger partial charge in [0.05, 0.1) is 54.4 Å². The molecular weight excluding hydrogens is 496 g/mol. The molecule has 1 fully saturated rings. The lowest BCUT2D eigenvalue weighted by Gasteiger charge is -2.38. The van der Waals surface area contributed by atoms with Gasteiger partial charge in [0.15, 0.2) is 23.0 Å². The zero-order valence-electron chi connectivity index (χ0n) is 23.3. The van der Waals surface area contributed by atoms with E-state index in [-0.39, 0.29) is 17.9 Å². The van der Waals surface area contributed by atoms with Crippen molar-refractivity contribution < 1.29 is 33.5 Å². The first-order valence-corrected chi connectivity index (χ1v) is 13.0. The normalized spacial score (nSPS) is 19.9. The van der Waals surface area contributed by atoms with Crippen molar-refractivity contribution in [2.45, 2.75) is 25.0 Å². The number of aliphatic hydroxyl groups is 1. The molecule has 3 aromatic rings. The number of hydrogen-bond donors (Lipinski definition) is 1. The average Bonchev–Trinajstić information content (AvgIpc) is 3.00. The highest BCUT2D eigenvalue weighted by Crippen LogP contribution is 2.43. The Morgan fingerprint density at radius 1 is 0.795 bits per heavy atom. The van der Waals surface area contributed by atoms with E-state index < -0.39 is 6.10 Å². The molecule has 1 aliphatic rings. The first kappa shape index (κ1) is 28.3. The van der Waals surface area contributed by atoms with Crippen LogP contribution in [0.25, 0.3) is 6.08 Å². The number of methoxy groups -OCH3 is 5. The lowest BCUT2D eigenvalue weighted by molar-refractivity contribution is -0.0900. The fourth-order valence-electron chi connectivity index (χ4n) is 5.19. The number of hydrogen-bond acceptors (Lipinski definition) is 7. The van der Waals surface area contributed by atoms with Crippen LogP contribution in [-0.2, 0) is 4.74 Å². The summed E-state index contributed by atoms with van der Waals surface area (Å²) in [4.78, 5) is 0. The predicted octanol–water partition coefficient (Wildman–Crippen LogP) is 6.26. The van der Waals surface area contributed by atoms with Crippen molar-refractivity contribution in [2.24, 2.45) is 11.8 Å². The van der Waals surface area contributed by atoms with Crippen molar-refractivity contribution in [1.82, 2.24) is 0 Å². The number of benzene rings is 3. The number of allylic oxidation sites excluding steroid dienone is 1. The monoisotopic (exact) mass is 534 g/mol. The molecule has 39 heavy (non-hydrogen) atoms. The fourth-order valence-corrected chi connectivity index (χ4v) is 5.19. The molecular formula is C32H38O7. The molecule has 0 unspecified atom stereocenters. The molecule has 1 saturated heterocycles. The van der Waals surface area contributed by atoms with Crippen LogP contribution >= 0.6 is 0 Å². The molecule has 0 bridgehead atoms. The molecule has 1 N–H and O–H groups in total. The Balaban J connectivity index is 1.55. The summed E-state index contributed by atoms with van der Waals surface area (Å²) >= 11 is 0. The highest BCUT2D eigenvalue weighted by molar-refractivity contribution is 5.56. The summed E-state index contributed by atoms with van der Waals surface area (Å²) in [5.74, 6) is 3.50. The van der Waals surface area contributed by atoms with Crippen LogP contribution in [0.3, 0.4) is 0 Å². The van der Waals surface area contributed by atoms with E-state index in [1.54, 1.807) is 35.5 Å². The Morgan fingerprint density at radius 2 is 1.44 bits per heavy atom. The summed E-state index contributed by atoms with van der Waals surface area (Å²) < 4.78 is 33.4. The summed E-state index contributed by atoms with van der Waals surface area (Å²) in [7, 11) is 8.12. The van der Waals surface area contributed by atoms with E-state index in [2.05, 4.69) is 24.3 Å². The fraction of sp³-hybridized carbons (Fsp3) is 0.375. The van der Waals surface area contributed by atoms with Crippen LogP contribution in [-0.4, -0.2) is 47.3 Å². The SMILES string of the molecule is COc1ccc([C@@H]2OC[C@H]([C@@H](O)c3ccc(OC)c(OC)c3)C[C@H]2C/C=C/c2ccc(OC)c(OC)c2)cc1. The van der Waals surface area contributed by atoms with E-state index in [9.17, 15) is 5.11 Å². The molecule has 4 atom stereocenters. The smallest absolute Gasteiger partial charge is 0.161 e. The molecule has 1 aliphatic heterocycles. The summed E-state index contributed by atoms with van der Waals surface area (Å²) in [5.41, 5.74) is 2.90. The van der Waals surface area contributed by atoms with Crippen LogP contribution in [0, 0.1) is 11.8 Å². The third-order valence-corrected chi connectivity index (χ3v) is 7.32. The molecule has 7 nitrogen and oxygen atoms in total. The molecule has 1 heterocycles. The van der Waals surface area contributed by atoms with Gasteiger partial charge in [0.1, 0.15) is 5.75 Å². The quantitative estimate of drug-likeness (QED) is 0.311. The van der Waals surface area contributed by atoms with Gasteiger partial charge in [0.2, 0.25) is 0 Å². The molecule has 0 radical (unpaired) electrons. The van der Waals surface area contributed by atoms with Gasteiger partial charge < -0.3 is 33.5 Å². The van der Waals surface area contributed by atoms with Crippen molar-refractivity contribution >= 4 is 6.08 Å². The summed E-state index contributed by atoms with van der Waals surface area (Å²) in [6.45, 7) is 0.447. The van der Waals surface area contributed by atoms with Gasteiger partial charge in [0.25, 0.3) is 0 Å². The van der Waals surface area contributed by atoms with Crippen molar-refractivity contribution in [1.29, 1.82) is 0 Å². The second kappa shape index (κ2) is 13.4. The minimum absolute atomic E-state index is 0.0721. The van der Waals surface area contributed by atoms with Gasteiger partial charge in [-0.05, 0) is 71.8 Å². The van der Waals surface area contributed by atoms with Gasteiger partial charge in [-0.3, -0.25) is 0 Å². The van der Waals surface area contributed by atoms with Crippen molar-refractivity contribution in [3.8, 4) is 28.7 Å². The van der Waals surface area contributed by atoms with E-state index in [1.807, 2.05) is 48.5 Å². The van der Waals surface area contributed by atoms with Crippen molar-refractivity contribution in [3.63, 3.8) is 0 Å². The molecule has 0 saturated carbocycles. The summed E-state index contributed by atoms with van der Waals surface area (Å²) in [5, 5.41) is 11.3. The number of rotatable bonds is 11. The second-order valence-corrected chi connectivity index (χ2v) is 9.59. The third kappa shape index (κ3) is 6.67. The van der Waals surface area contributed by atoms with Crippen LogP contribution in [0.1, 0.15) is 41.7 Å². The van der Waals surface area contributed by atoms with E-state index >= 15 is 0 Å². The van der Waals surface area contributed by atoms with E-state index in [1.165, 1.54) is 0 Å². The number of ether oxygens (including phenoxy) is 6. The number of aliphatic hydroxyl groups excluding tert-OH is 1. The predicted molar refractivity (Wildman–Crippen MR) is 151 cm³/mol. The first-order valence-electron chi connectivity index (χ1n) is 13.0. The lowest BCUT2D eigenvalue weighted by atomic mass is 9.79. The van der Waals surface area contributed by atoms with E-state index in [0.717, 1.165) is 35.3 Å². The molecule has 0 amide bonds. The van der Waals surface area contributed by atoms with Crippen LogP contribution in [0.5, 0.6) is 28.7 Å². The zero-order chi connectivity index (χ0) is 27.8. The standard InChI is InChI=1S/C32H38O7/c1-34-26-13-10-22(11-14-26)32-24(8-6-7-21-9-15-27(35-2)29(17-21)37-4)18-25(20-39-32)31(33)23-12-16-28(36-3)30(19-23)38-5/h6-7,9-17,19,24-25,31-33H,8,18,20H2,1-5H3/b7-6+/t24-,25-,31+,32+/m1/s1. The molecule has 0 spiro atoms. The molecule has 3 aromatic carbocycles. The topological polar surface area (TPSA) is 75.6 Å². The van der Waals surface area contributed by atoms with Gasteiger partial charge >= 0.3 is 0 Å². The Bertz CT molecular complexity index is 1240. The Morgan fingerprint density at radius 3 is 2.08 bits per heavy atom. The third-order valence-electron chi connectivity index (χ3n) is 7.32. The summed E-state index contributed by atoms with van der Waals surface area (Å²) in [6, 6.07) is 19.4. The average molecular weight is 535 g/mol. The maximum atomic E-state index is 11.3. The minimum atomic E-state index is -0.695. The van der Waals surface area contributed by atoms with Crippen LogP contribution in [0.4, 0.5) is 0 Å². The van der Waals surface area contributed by atoms with Gasteiger partial charge in [-0.25, -0.2) is 0 Å². The Hall–Kier alpha value is -3.68.